The molecule has 0 bridgehead atoms. The number of carbonyl (C=O) groups excluding carboxylic acids is 2. The van der Waals surface area contributed by atoms with Crippen molar-refractivity contribution in [2.24, 2.45) is 10.9 Å². The standard InChI is InChI=1S/C15H14F2N2O5/c1-7-12(14(22)24-2)13(8-3-4-9(16)10(17)5-8)19(6-11(20)21)15(23)18-7/h3-5,12-13H,6H2,1-2H3,(H,20,21). The Balaban J connectivity index is 2.61. The number of benzene rings is 1. The van der Waals surface area contributed by atoms with E-state index >= 15 is 0 Å². The summed E-state index contributed by atoms with van der Waals surface area (Å²) in [5, 5.41) is 9.00. The van der Waals surface area contributed by atoms with Crippen LogP contribution < -0.4 is 0 Å². The lowest BCUT2D eigenvalue weighted by Crippen LogP contribution is -2.48. The number of carboxylic acids is 1. The summed E-state index contributed by atoms with van der Waals surface area (Å²) in [7, 11) is 1.12. The van der Waals surface area contributed by atoms with Gasteiger partial charge in [0.2, 0.25) is 0 Å². The average Bonchev–Trinajstić information content (AvgIpc) is 2.51. The fourth-order valence-electron chi connectivity index (χ4n) is 2.62. The van der Waals surface area contributed by atoms with Crippen molar-refractivity contribution in [1.82, 2.24) is 4.90 Å². The van der Waals surface area contributed by atoms with Crippen LogP contribution >= 0.6 is 0 Å². The third-order valence-electron chi connectivity index (χ3n) is 3.67. The fraction of sp³-hybridized carbons (Fsp3) is 0.333. The first-order valence-electron chi connectivity index (χ1n) is 6.86. The van der Waals surface area contributed by atoms with Gasteiger partial charge >= 0.3 is 18.0 Å². The van der Waals surface area contributed by atoms with E-state index in [4.69, 9.17) is 5.11 Å². The third-order valence-corrected chi connectivity index (χ3v) is 3.67. The van der Waals surface area contributed by atoms with Gasteiger partial charge in [0.1, 0.15) is 12.5 Å². The van der Waals surface area contributed by atoms with Gasteiger partial charge in [-0.05, 0) is 24.6 Å². The number of amides is 2. The molecule has 2 unspecified atom stereocenters. The summed E-state index contributed by atoms with van der Waals surface area (Å²) in [4.78, 5) is 39.7. The minimum absolute atomic E-state index is 0.0631. The van der Waals surface area contributed by atoms with Gasteiger partial charge in [0.15, 0.2) is 11.6 Å². The van der Waals surface area contributed by atoms with Gasteiger partial charge in [-0.25, -0.2) is 18.6 Å². The van der Waals surface area contributed by atoms with Gasteiger partial charge < -0.3 is 14.7 Å². The Morgan fingerprint density at radius 2 is 2.00 bits per heavy atom. The second-order valence-electron chi connectivity index (χ2n) is 5.18. The summed E-state index contributed by atoms with van der Waals surface area (Å²) >= 11 is 0. The summed E-state index contributed by atoms with van der Waals surface area (Å²) in [5.41, 5.74) is 0.163. The second kappa shape index (κ2) is 6.73. The lowest BCUT2D eigenvalue weighted by molar-refractivity contribution is -0.146. The van der Waals surface area contributed by atoms with Crippen molar-refractivity contribution in [2.45, 2.75) is 13.0 Å². The Bertz CT molecular complexity index is 735. The highest BCUT2D eigenvalue weighted by molar-refractivity contribution is 6.08. The van der Waals surface area contributed by atoms with Crippen LogP contribution in [0.15, 0.2) is 23.2 Å². The molecule has 0 fully saturated rings. The van der Waals surface area contributed by atoms with Crippen molar-refractivity contribution in [3.63, 3.8) is 0 Å². The van der Waals surface area contributed by atoms with E-state index in [1.807, 2.05) is 0 Å². The summed E-state index contributed by atoms with van der Waals surface area (Å²) in [6, 6.07) is 0.776. The summed E-state index contributed by atoms with van der Waals surface area (Å²) in [6.45, 7) is 0.650. The Hall–Kier alpha value is -2.84. The molecule has 0 spiro atoms. The number of ether oxygens (including phenoxy) is 1. The van der Waals surface area contributed by atoms with E-state index < -0.39 is 48.1 Å². The molecule has 2 atom stereocenters. The number of esters is 1. The van der Waals surface area contributed by atoms with E-state index in [1.54, 1.807) is 0 Å². The monoisotopic (exact) mass is 340 g/mol. The minimum atomic E-state index is -1.34. The molecule has 24 heavy (non-hydrogen) atoms. The average molecular weight is 340 g/mol. The van der Waals surface area contributed by atoms with Gasteiger partial charge in [0, 0.05) is 5.71 Å². The highest BCUT2D eigenvalue weighted by Crippen LogP contribution is 2.35. The van der Waals surface area contributed by atoms with E-state index in [0.29, 0.717) is 0 Å². The van der Waals surface area contributed by atoms with Crippen molar-refractivity contribution in [2.75, 3.05) is 13.7 Å². The highest BCUT2D eigenvalue weighted by atomic mass is 19.2. The normalized spacial score (nSPS) is 20.6. The van der Waals surface area contributed by atoms with Crippen LogP contribution in [0.5, 0.6) is 0 Å². The number of methoxy groups -OCH3 is 1. The SMILES string of the molecule is COC(=O)C1C(C)=NC(=O)N(CC(=O)O)C1c1ccc(F)c(F)c1. The fourth-order valence-corrected chi connectivity index (χ4v) is 2.62. The van der Waals surface area contributed by atoms with E-state index in [1.165, 1.54) is 13.0 Å². The Morgan fingerprint density at radius 1 is 1.33 bits per heavy atom. The minimum Gasteiger partial charge on any atom is -0.480 e. The maximum Gasteiger partial charge on any atom is 0.344 e. The largest absolute Gasteiger partial charge is 0.480 e. The van der Waals surface area contributed by atoms with Crippen LogP contribution in [0.1, 0.15) is 18.5 Å². The Labute approximate surface area is 135 Å². The highest BCUT2D eigenvalue weighted by Gasteiger charge is 2.43. The summed E-state index contributed by atoms with van der Waals surface area (Å²) in [5.74, 6) is -5.52. The molecular weight excluding hydrogens is 326 g/mol. The number of urea groups is 1. The zero-order valence-corrected chi connectivity index (χ0v) is 12.8. The van der Waals surface area contributed by atoms with Gasteiger partial charge in [0.25, 0.3) is 0 Å². The first kappa shape index (κ1) is 17.5. The van der Waals surface area contributed by atoms with Crippen LogP contribution in [0, 0.1) is 17.6 Å². The zero-order valence-electron chi connectivity index (χ0n) is 12.8. The number of carbonyl (C=O) groups is 3. The second-order valence-corrected chi connectivity index (χ2v) is 5.18. The molecule has 0 saturated carbocycles. The molecule has 7 nitrogen and oxygen atoms in total. The number of halogens is 2. The number of carboxylic acid groups (broad SMARTS) is 1. The number of hydrogen-bond acceptors (Lipinski definition) is 4. The van der Waals surface area contributed by atoms with Crippen LogP contribution in [0.3, 0.4) is 0 Å². The zero-order chi connectivity index (χ0) is 18.0. The van der Waals surface area contributed by atoms with Crippen LogP contribution in [0.25, 0.3) is 0 Å². The Morgan fingerprint density at radius 3 is 2.54 bits per heavy atom. The van der Waals surface area contributed by atoms with Crippen LogP contribution in [-0.4, -0.2) is 47.3 Å². The molecule has 0 aliphatic carbocycles. The predicted octanol–water partition coefficient (Wildman–Crippen LogP) is 1.78. The number of hydrogen-bond donors (Lipinski definition) is 1. The molecule has 1 aliphatic rings. The Kier molecular flexibility index (Phi) is 4.91. The molecular formula is C15H14F2N2O5. The summed E-state index contributed by atoms with van der Waals surface area (Å²) in [6.07, 6.45) is 0. The van der Waals surface area contributed by atoms with Gasteiger partial charge in [0.05, 0.1) is 13.2 Å². The van der Waals surface area contributed by atoms with Gasteiger partial charge in [-0.1, -0.05) is 6.07 Å². The molecule has 1 aromatic rings. The van der Waals surface area contributed by atoms with Gasteiger partial charge in [-0.3, -0.25) is 9.59 Å². The quantitative estimate of drug-likeness (QED) is 0.843. The molecule has 0 saturated heterocycles. The van der Waals surface area contributed by atoms with E-state index in [-0.39, 0.29) is 11.3 Å². The predicted molar refractivity (Wildman–Crippen MR) is 77.5 cm³/mol. The number of aliphatic carboxylic acids is 1. The molecule has 2 amide bonds. The smallest absolute Gasteiger partial charge is 0.344 e. The molecule has 0 aromatic heterocycles. The first-order valence-corrected chi connectivity index (χ1v) is 6.86. The molecule has 0 radical (unpaired) electrons. The molecule has 2 rings (SSSR count). The molecule has 1 heterocycles. The maximum absolute atomic E-state index is 13.6. The molecule has 9 heteroatoms. The molecule has 1 N–H and O–H groups in total. The van der Waals surface area contributed by atoms with E-state index in [0.717, 1.165) is 24.1 Å². The van der Waals surface area contributed by atoms with Crippen LogP contribution in [-0.2, 0) is 14.3 Å². The van der Waals surface area contributed by atoms with Gasteiger partial charge in [-0.2, -0.15) is 0 Å². The molecule has 128 valence electrons. The molecule has 1 aliphatic heterocycles. The topological polar surface area (TPSA) is 96.3 Å². The van der Waals surface area contributed by atoms with Crippen molar-refractivity contribution < 1.29 is 33.0 Å². The first-order chi connectivity index (χ1) is 11.3. The number of rotatable bonds is 4. The van der Waals surface area contributed by atoms with Crippen molar-refractivity contribution in [1.29, 1.82) is 0 Å². The van der Waals surface area contributed by atoms with Crippen LogP contribution in [0.4, 0.5) is 13.6 Å². The van der Waals surface area contributed by atoms with E-state index in [2.05, 4.69) is 9.73 Å². The van der Waals surface area contributed by atoms with E-state index in [9.17, 15) is 23.2 Å². The number of aliphatic imine (C=N–C) groups is 1. The maximum atomic E-state index is 13.6. The lowest BCUT2D eigenvalue weighted by atomic mass is 9.86. The third kappa shape index (κ3) is 3.24. The number of nitrogens with zero attached hydrogens (tertiary/aromatic N) is 2. The molecule has 1 aromatic carbocycles. The van der Waals surface area contributed by atoms with Crippen LogP contribution in [0.2, 0.25) is 0 Å². The lowest BCUT2D eigenvalue weighted by Gasteiger charge is -2.37. The van der Waals surface area contributed by atoms with Crippen molar-refractivity contribution in [3.05, 3.63) is 35.4 Å². The van der Waals surface area contributed by atoms with Crippen molar-refractivity contribution >= 4 is 23.7 Å². The van der Waals surface area contributed by atoms with Gasteiger partial charge in [-0.15, -0.1) is 0 Å². The van der Waals surface area contributed by atoms with Crippen molar-refractivity contribution in [3.8, 4) is 0 Å². The summed E-state index contributed by atoms with van der Waals surface area (Å²) < 4.78 is 31.5.